The molecule has 8 heteroatoms. The van der Waals surface area contributed by atoms with E-state index in [4.69, 9.17) is 4.42 Å². The van der Waals surface area contributed by atoms with Crippen LogP contribution in [0.2, 0.25) is 0 Å². The minimum absolute atomic E-state index is 0.0342. The molecule has 0 spiro atoms. The number of amides is 1. The minimum atomic E-state index is -0.542. The molecule has 0 fully saturated rings. The van der Waals surface area contributed by atoms with Crippen LogP contribution in [0.15, 0.2) is 40.1 Å². The fourth-order valence-corrected chi connectivity index (χ4v) is 3.04. The third kappa shape index (κ3) is 3.58. The Labute approximate surface area is 147 Å². The van der Waals surface area contributed by atoms with E-state index in [1.165, 1.54) is 17.4 Å². The molecule has 0 saturated carbocycles. The highest BCUT2D eigenvalue weighted by molar-refractivity contribution is 7.09. The van der Waals surface area contributed by atoms with Crippen LogP contribution >= 0.6 is 11.3 Å². The van der Waals surface area contributed by atoms with Crippen LogP contribution < -0.4 is 5.32 Å². The number of para-hydroxylation sites is 1. The van der Waals surface area contributed by atoms with Crippen LogP contribution in [0.25, 0.3) is 11.5 Å². The fourth-order valence-electron chi connectivity index (χ4n) is 2.43. The van der Waals surface area contributed by atoms with E-state index in [2.05, 4.69) is 10.3 Å². The molecule has 0 radical (unpaired) electrons. The van der Waals surface area contributed by atoms with Crippen molar-refractivity contribution >= 4 is 22.9 Å². The lowest BCUT2D eigenvalue weighted by molar-refractivity contribution is -0.385. The Morgan fingerprint density at radius 3 is 2.80 bits per heavy atom. The number of aryl methyl sites for hydroxylation is 2. The van der Waals surface area contributed by atoms with Crippen molar-refractivity contribution in [2.45, 2.75) is 20.4 Å². The van der Waals surface area contributed by atoms with E-state index in [0.29, 0.717) is 17.1 Å². The van der Waals surface area contributed by atoms with Crippen molar-refractivity contribution in [2.75, 3.05) is 0 Å². The molecule has 3 aromatic rings. The molecule has 0 saturated heterocycles. The molecule has 25 heavy (non-hydrogen) atoms. The number of benzene rings is 1. The number of hydrogen-bond acceptors (Lipinski definition) is 6. The third-order valence-electron chi connectivity index (χ3n) is 3.62. The summed E-state index contributed by atoms with van der Waals surface area (Å²) in [5.74, 6) is 0.650. The number of thiazole rings is 1. The van der Waals surface area contributed by atoms with Crippen LogP contribution in [-0.4, -0.2) is 15.8 Å². The van der Waals surface area contributed by atoms with Gasteiger partial charge in [0.2, 0.25) is 0 Å². The van der Waals surface area contributed by atoms with Gasteiger partial charge in [-0.3, -0.25) is 14.9 Å². The monoisotopic (exact) mass is 357 g/mol. The van der Waals surface area contributed by atoms with Crippen LogP contribution in [0.3, 0.4) is 0 Å². The predicted molar refractivity (Wildman–Crippen MR) is 93.6 cm³/mol. The smallest absolute Gasteiger partial charge is 0.285 e. The van der Waals surface area contributed by atoms with Gasteiger partial charge in [0.15, 0.2) is 5.76 Å². The van der Waals surface area contributed by atoms with E-state index in [-0.39, 0.29) is 17.8 Å². The zero-order valence-electron chi connectivity index (χ0n) is 13.6. The van der Waals surface area contributed by atoms with Gasteiger partial charge in [0, 0.05) is 10.9 Å². The van der Waals surface area contributed by atoms with Gasteiger partial charge in [0.05, 0.1) is 16.5 Å². The van der Waals surface area contributed by atoms with Crippen LogP contribution in [0.1, 0.15) is 26.7 Å². The average molecular weight is 357 g/mol. The Bertz CT molecular complexity index is 945. The van der Waals surface area contributed by atoms with Gasteiger partial charge in [-0.2, -0.15) is 0 Å². The molecule has 1 aromatic carbocycles. The van der Waals surface area contributed by atoms with Crippen LogP contribution in [0.5, 0.6) is 0 Å². The van der Waals surface area contributed by atoms with E-state index in [1.807, 2.05) is 12.3 Å². The van der Waals surface area contributed by atoms with E-state index >= 15 is 0 Å². The number of aromatic nitrogens is 1. The van der Waals surface area contributed by atoms with Crippen molar-refractivity contribution < 1.29 is 14.1 Å². The Balaban J connectivity index is 1.72. The average Bonchev–Trinajstić information content (AvgIpc) is 3.20. The molecule has 1 N–H and O–H groups in total. The normalized spacial score (nSPS) is 10.6. The van der Waals surface area contributed by atoms with E-state index in [9.17, 15) is 14.9 Å². The Morgan fingerprint density at radius 2 is 2.12 bits per heavy atom. The van der Waals surface area contributed by atoms with Crippen molar-refractivity contribution in [2.24, 2.45) is 0 Å². The maximum absolute atomic E-state index is 12.3. The van der Waals surface area contributed by atoms with Gasteiger partial charge in [-0.1, -0.05) is 12.1 Å². The molecule has 7 nitrogen and oxygen atoms in total. The number of rotatable bonds is 5. The lowest BCUT2D eigenvalue weighted by Crippen LogP contribution is -2.23. The lowest BCUT2D eigenvalue weighted by atomic mass is 10.1. The first-order valence-corrected chi connectivity index (χ1v) is 8.37. The van der Waals surface area contributed by atoms with Crippen molar-refractivity contribution in [3.8, 4) is 11.5 Å². The number of nitrogens with one attached hydrogen (secondary N) is 1. The largest absolute Gasteiger partial charge is 0.458 e. The van der Waals surface area contributed by atoms with E-state index in [1.54, 1.807) is 31.2 Å². The molecule has 0 atom stereocenters. The predicted octanol–water partition coefficient (Wildman–Crippen LogP) is 3.86. The number of nitro groups is 1. The first-order valence-electron chi connectivity index (χ1n) is 7.49. The maximum Gasteiger partial charge on any atom is 0.285 e. The number of carbonyl (C=O) groups excluding carboxylic acids is 1. The van der Waals surface area contributed by atoms with Crippen molar-refractivity contribution in [1.29, 1.82) is 0 Å². The van der Waals surface area contributed by atoms with Crippen LogP contribution in [-0.2, 0) is 6.54 Å². The van der Waals surface area contributed by atoms with Gasteiger partial charge in [-0.25, -0.2) is 4.98 Å². The van der Waals surface area contributed by atoms with Gasteiger partial charge in [-0.15, -0.1) is 11.3 Å². The van der Waals surface area contributed by atoms with E-state index in [0.717, 1.165) is 10.7 Å². The first-order chi connectivity index (χ1) is 12.0. The first kappa shape index (κ1) is 16.8. The Morgan fingerprint density at radius 1 is 1.32 bits per heavy atom. The summed E-state index contributed by atoms with van der Waals surface area (Å²) in [4.78, 5) is 27.3. The number of hydrogen-bond donors (Lipinski definition) is 1. The molecule has 0 aliphatic rings. The third-order valence-corrected chi connectivity index (χ3v) is 4.39. The summed E-state index contributed by atoms with van der Waals surface area (Å²) >= 11 is 1.52. The molecule has 128 valence electrons. The molecule has 0 aliphatic carbocycles. The molecule has 1 amide bonds. The second-order valence-electron chi connectivity index (χ2n) is 5.43. The minimum Gasteiger partial charge on any atom is -0.458 e. The Hall–Kier alpha value is -3.00. The highest BCUT2D eigenvalue weighted by atomic mass is 32.1. The van der Waals surface area contributed by atoms with Gasteiger partial charge >= 0.3 is 0 Å². The number of nitro benzene ring substituents is 1. The number of nitrogens with zero attached hydrogens (tertiary/aromatic N) is 2. The van der Waals surface area contributed by atoms with Gasteiger partial charge in [0.1, 0.15) is 17.0 Å². The molecule has 2 heterocycles. The molecule has 2 aromatic heterocycles. The highest BCUT2D eigenvalue weighted by Crippen LogP contribution is 2.25. The quantitative estimate of drug-likeness (QED) is 0.552. The van der Waals surface area contributed by atoms with E-state index < -0.39 is 10.8 Å². The van der Waals surface area contributed by atoms with Crippen LogP contribution in [0, 0.1) is 24.0 Å². The van der Waals surface area contributed by atoms with Crippen LogP contribution in [0.4, 0.5) is 5.69 Å². The fraction of sp³-hybridized carbons (Fsp3) is 0.176. The van der Waals surface area contributed by atoms with Crippen molar-refractivity contribution in [1.82, 2.24) is 10.3 Å². The summed E-state index contributed by atoms with van der Waals surface area (Å²) in [7, 11) is 0. The summed E-state index contributed by atoms with van der Waals surface area (Å²) in [5.41, 5.74) is 1.04. The molecule has 0 aliphatic heterocycles. The number of carbonyl (C=O) groups is 1. The standard InChI is InChI=1S/C17H15N3O4S/c1-10-4-3-5-13(16(10)20(22)23)17(21)18-8-12-6-7-15(24-12)14-9-25-11(2)19-14/h3-7,9H,8H2,1-2H3,(H,18,21). The zero-order valence-corrected chi connectivity index (χ0v) is 14.4. The second-order valence-corrected chi connectivity index (χ2v) is 6.49. The highest BCUT2D eigenvalue weighted by Gasteiger charge is 2.22. The van der Waals surface area contributed by atoms with Gasteiger partial charge < -0.3 is 9.73 Å². The molecular formula is C17H15N3O4S. The summed E-state index contributed by atoms with van der Waals surface area (Å²) in [6.07, 6.45) is 0. The molecule has 0 bridgehead atoms. The van der Waals surface area contributed by atoms with Crippen molar-refractivity contribution in [3.63, 3.8) is 0 Å². The van der Waals surface area contributed by atoms with Gasteiger partial charge in [-0.05, 0) is 32.0 Å². The molecular weight excluding hydrogens is 342 g/mol. The Kier molecular flexibility index (Phi) is 4.62. The SMILES string of the molecule is Cc1nc(-c2ccc(CNC(=O)c3cccc(C)c3[N+](=O)[O-])o2)cs1. The molecule has 0 unspecified atom stereocenters. The summed E-state index contributed by atoms with van der Waals surface area (Å²) < 4.78 is 5.67. The summed E-state index contributed by atoms with van der Waals surface area (Å²) in [5, 5.41) is 16.7. The zero-order chi connectivity index (χ0) is 18.0. The number of furan rings is 1. The maximum atomic E-state index is 12.3. The topological polar surface area (TPSA) is 98.3 Å². The lowest BCUT2D eigenvalue weighted by Gasteiger charge is -2.06. The summed E-state index contributed by atoms with van der Waals surface area (Å²) in [6.45, 7) is 3.64. The van der Waals surface area contributed by atoms with Gasteiger partial charge in [0.25, 0.3) is 11.6 Å². The second kappa shape index (κ2) is 6.86. The summed E-state index contributed by atoms with van der Waals surface area (Å²) in [6, 6.07) is 8.18. The molecule has 3 rings (SSSR count). The van der Waals surface area contributed by atoms with Crippen molar-refractivity contribution in [3.05, 3.63) is 67.7 Å².